The van der Waals surface area contributed by atoms with Crippen molar-refractivity contribution in [1.82, 2.24) is 4.90 Å². The Labute approximate surface area is 191 Å². The van der Waals surface area contributed by atoms with Crippen LogP contribution in [0, 0.1) is 0 Å². The molecule has 1 atom stereocenters. The number of aryl methyl sites for hydroxylation is 1. The van der Waals surface area contributed by atoms with Crippen molar-refractivity contribution in [2.45, 2.75) is 58.1 Å². The number of ether oxygens (including phenoxy) is 3. The quantitative estimate of drug-likeness (QED) is 0.708. The second kappa shape index (κ2) is 11.5. The van der Waals surface area contributed by atoms with Crippen molar-refractivity contribution in [1.29, 1.82) is 0 Å². The Morgan fingerprint density at radius 1 is 1.03 bits per heavy atom. The van der Waals surface area contributed by atoms with Crippen LogP contribution in [0.2, 0.25) is 0 Å². The predicted molar refractivity (Wildman–Crippen MR) is 125 cm³/mol. The summed E-state index contributed by atoms with van der Waals surface area (Å²) in [6.45, 7) is 5.63. The molecule has 0 aromatic heterocycles. The lowest BCUT2D eigenvalue weighted by atomic mass is 9.99. The van der Waals surface area contributed by atoms with Crippen molar-refractivity contribution in [2.75, 3.05) is 33.0 Å². The Bertz CT molecular complexity index is 891. The number of hydrogen-bond acceptors (Lipinski definition) is 4. The van der Waals surface area contributed by atoms with Crippen LogP contribution < -0.4 is 4.74 Å². The highest BCUT2D eigenvalue weighted by molar-refractivity contribution is 5.76. The van der Waals surface area contributed by atoms with Gasteiger partial charge in [0.1, 0.15) is 12.4 Å². The summed E-state index contributed by atoms with van der Waals surface area (Å²) in [5.74, 6) is 1.07. The molecular weight excluding hydrogens is 402 g/mol. The summed E-state index contributed by atoms with van der Waals surface area (Å²) in [6, 6.07) is 15.0. The number of hydrogen-bond donors (Lipinski definition) is 0. The van der Waals surface area contributed by atoms with Crippen LogP contribution >= 0.6 is 0 Å². The van der Waals surface area contributed by atoms with Crippen molar-refractivity contribution >= 4 is 5.91 Å². The molecule has 0 saturated carbocycles. The highest BCUT2D eigenvalue weighted by Crippen LogP contribution is 2.25. The molecule has 172 valence electrons. The third kappa shape index (κ3) is 6.33. The van der Waals surface area contributed by atoms with Crippen molar-refractivity contribution in [3.63, 3.8) is 0 Å². The zero-order chi connectivity index (χ0) is 22.2. The Hall–Kier alpha value is -2.37. The number of carbonyl (C=O) groups is 1. The van der Waals surface area contributed by atoms with E-state index >= 15 is 0 Å². The van der Waals surface area contributed by atoms with Crippen LogP contribution in [0.4, 0.5) is 0 Å². The molecule has 0 radical (unpaired) electrons. The number of benzene rings is 2. The average Bonchev–Trinajstić information content (AvgIpc) is 2.81. The van der Waals surface area contributed by atoms with E-state index in [0.29, 0.717) is 39.3 Å². The molecule has 2 aliphatic heterocycles. The van der Waals surface area contributed by atoms with Gasteiger partial charge in [0.15, 0.2) is 0 Å². The fraction of sp³-hybridized carbons (Fsp3) is 0.519. The standard InChI is InChI=1S/C27H35NO4/c1-2-21-9-10-26-24(17-21)18-22-6-5-7-23(16-22)20-28(11-13-30-14-15-32-26)27(29)19-25-8-3-4-12-31-25/h5-7,9-10,16-17,25H,2-4,8,11-15,18-20H2,1H3. The van der Waals surface area contributed by atoms with Crippen LogP contribution in [-0.4, -0.2) is 49.9 Å². The molecular formula is C27H35NO4. The molecule has 32 heavy (non-hydrogen) atoms. The fourth-order valence-electron chi connectivity index (χ4n) is 4.48. The summed E-state index contributed by atoms with van der Waals surface area (Å²) in [6.07, 6.45) is 5.52. The minimum atomic E-state index is 0.0502. The Morgan fingerprint density at radius 3 is 2.78 bits per heavy atom. The molecule has 1 fully saturated rings. The second-order valence-corrected chi connectivity index (χ2v) is 8.76. The number of fused-ring (bicyclic) bond motifs is 3. The Kier molecular flexibility index (Phi) is 8.18. The average molecular weight is 438 g/mol. The molecule has 5 heteroatoms. The van der Waals surface area contributed by atoms with Crippen LogP contribution in [0.3, 0.4) is 0 Å². The maximum atomic E-state index is 13.1. The molecule has 2 aromatic carbocycles. The lowest BCUT2D eigenvalue weighted by Crippen LogP contribution is -2.37. The summed E-state index contributed by atoms with van der Waals surface area (Å²) in [4.78, 5) is 15.0. The minimum Gasteiger partial charge on any atom is -0.491 e. The molecule has 0 spiro atoms. The normalized spacial score (nSPS) is 20.0. The number of rotatable bonds is 3. The maximum absolute atomic E-state index is 13.1. The smallest absolute Gasteiger partial charge is 0.225 e. The van der Waals surface area contributed by atoms with Gasteiger partial charge in [-0.3, -0.25) is 4.79 Å². The third-order valence-electron chi connectivity index (χ3n) is 6.31. The third-order valence-corrected chi connectivity index (χ3v) is 6.31. The summed E-state index contributed by atoms with van der Waals surface area (Å²) in [5, 5.41) is 0. The van der Waals surface area contributed by atoms with Gasteiger partial charge < -0.3 is 19.1 Å². The summed E-state index contributed by atoms with van der Waals surface area (Å²) in [7, 11) is 0. The zero-order valence-electron chi connectivity index (χ0n) is 19.2. The molecule has 1 amide bonds. The lowest BCUT2D eigenvalue weighted by molar-refractivity contribution is -0.136. The SMILES string of the molecule is CCc1ccc2c(c1)Cc1cccc(c1)CN(C(=O)CC1CCCCO1)CCOCCO2. The molecule has 1 saturated heterocycles. The molecule has 2 aromatic rings. The monoisotopic (exact) mass is 437 g/mol. The van der Waals surface area contributed by atoms with Crippen LogP contribution in [-0.2, 0) is 33.7 Å². The van der Waals surface area contributed by atoms with Gasteiger partial charge in [-0.1, -0.05) is 43.3 Å². The molecule has 5 nitrogen and oxygen atoms in total. The van der Waals surface area contributed by atoms with E-state index in [1.165, 1.54) is 16.7 Å². The Morgan fingerprint density at radius 2 is 1.94 bits per heavy atom. The summed E-state index contributed by atoms with van der Waals surface area (Å²) < 4.78 is 17.7. The molecule has 0 aliphatic carbocycles. The van der Waals surface area contributed by atoms with Gasteiger partial charge in [-0.05, 0) is 54.0 Å². The van der Waals surface area contributed by atoms with E-state index in [4.69, 9.17) is 14.2 Å². The van der Waals surface area contributed by atoms with E-state index in [2.05, 4.69) is 49.4 Å². The van der Waals surface area contributed by atoms with E-state index in [1.807, 2.05) is 4.90 Å². The molecule has 4 rings (SSSR count). The first-order chi connectivity index (χ1) is 15.7. The largest absolute Gasteiger partial charge is 0.491 e. The first-order valence-electron chi connectivity index (χ1n) is 12.0. The van der Waals surface area contributed by atoms with E-state index in [0.717, 1.165) is 50.0 Å². The molecule has 2 bridgehead atoms. The first kappa shape index (κ1) is 22.8. The van der Waals surface area contributed by atoms with Crippen molar-refractivity contribution in [3.05, 3.63) is 64.7 Å². The predicted octanol–water partition coefficient (Wildman–Crippen LogP) is 4.54. The van der Waals surface area contributed by atoms with Crippen molar-refractivity contribution < 1.29 is 19.0 Å². The number of amides is 1. The van der Waals surface area contributed by atoms with E-state index in [9.17, 15) is 4.79 Å². The summed E-state index contributed by atoms with van der Waals surface area (Å²) >= 11 is 0. The first-order valence-corrected chi connectivity index (χ1v) is 12.0. The van der Waals surface area contributed by atoms with Crippen molar-refractivity contribution in [2.24, 2.45) is 0 Å². The van der Waals surface area contributed by atoms with Gasteiger partial charge >= 0.3 is 0 Å². The van der Waals surface area contributed by atoms with Gasteiger partial charge in [-0.25, -0.2) is 0 Å². The molecule has 2 heterocycles. The van der Waals surface area contributed by atoms with E-state index in [1.54, 1.807) is 0 Å². The van der Waals surface area contributed by atoms with Gasteiger partial charge in [-0.15, -0.1) is 0 Å². The van der Waals surface area contributed by atoms with E-state index < -0.39 is 0 Å². The fourth-order valence-corrected chi connectivity index (χ4v) is 4.48. The van der Waals surface area contributed by atoms with Gasteiger partial charge in [0.25, 0.3) is 0 Å². The zero-order valence-corrected chi connectivity index (χ0v) is 19.2. The van der Waals surface area contributed by atoms with Gasteiger partial charge in [-0.2, -0.15) is 0 Å². The van der Waals surface area contributed by atoms with E-state index in [-0.39, 0.29) is 12.0 Å². The van der Waals surface area contributed by atoms with Crippen LogP contribution in [0.25, 0.3) is 0 Å². The van der Waals surface area contributed by atoms with Gasteiger partial charge in [0, 0.05) is 26.1 Å². The topological polar surface area (TPSA) is 48.0 Å². The number of nitrogens with zero attached hydrogens (tertiary/aromatic N) is 1. The van der Waals surface area contributed by atoms with Gasteiger partial charge in [0.2, 0.25) is 5.91 Å². The molecule has 0 N–H and O–H groups in total. The highest BCUT2D eigenvalue weighted by atomic mass is 16.5. The molecule has 2 aliphatic rings. The number of carbonyl (C=O) groups excluding carboxylic acids is 1. The Balaban J connectivity index is 1.53. The van der Waals surface area contributed by atoms with Crippen LogP contribution in [0.5, 0.6) is 5.75 Å². The van der Waals surface area contributed by atoms with Crippen molar-refractivity contribution in [3.8, 4) is 5.75 Å². The highest BCUT2D eigenvalue weighted by Gasteiger charge is 2.22. The van der Waals surface area contributed by atoms with Crippen LogP contribution in [0.1, 0.15) is 54.9 Å². The maximum Gasteiger partial charge on any atom is 0.225 e. The minimum absolute atomic E-state index is 0.0502. The second-order valence-electron chi connectivity index (χ2n) is 8.76. The van der Waals surface area contributed by atoms with Crippen LogP contribution in [0.15, 0.2) is 42.5 Å². The lowest BCUT2D eigenvalue weighted by Gasteiger charge is -2.27. The summed E-state index contributed by atoms with van der Waals surface area (Å²) in [5.41, 5.74) is 4.88. The van der Waals surface area contributed by atoms with Gasteiger partial charge in [0.05, 0.1) is 25.7 Å². The molecule has 1 unspecified atom stereocenters.